The van der Waals surface area contributed by atoms with Crippen molar-refractivity contribution < 1.29 is 23.9 Å². The molecule has 1 saturated heterocycles. The summed E-state index contributed by atoms with van der Waals surface area (Å²) in [5.74, 6) is -0.279. The first-order valence-corrected chi connectivity index (χ1v) is 9.11. The smallest absolute Gasteiger partial charge is 0.340 e. The molecule has 144 valence electrons. The number of ether oxygens (including phenoxy) is 2. The second kappa shape index (κ2) is 7.34. The minimum Gasteiger partial charge on any atom is -0.496 e. The van der Waals surface area contributed by atoms with E-state index in [2.05, 4.69) is 5.32 Å². The molecule has 0 bridgehead atoms. The van der Waals surface area contributed by atoms with Crippen LogP contribution in [0.1, 0.15) is 40.6 Å². The van der Waals surface area contributed by atoms with Crippen molar-refractivity contribution in [2.75, 3.05) is 7.11 Å². The van der Waals surface area contributed by atoms with Crippen molar-refractivity contribution in [1.82, 2.24) is 10.2 Å². The number of amides is 2. The molecule has 0 radical (unpaired) electrons. The number of esters is 1. The number of nitrogens with zero attached hydrogens (tertiary/aromatic N) is 1. The van der Waals surface area contributed by atoms with Crippen LogP contribution >= 0.6 is 0 Å². The van der Waals surface area contributed by atoms with Gasteiger partial charge in [0.05, 0.1) is 12.7 Å². The zero-order valence-electron chi connectivity index (χ0n) is 15.4. The maximum Gasteiger partial charge on any atom is 0.340 e. The van der Waals surface area contributed by atoms with E-state index in [0.29, 0.717) is 23.3 Å². The highest BCUT2D eigenvalue weighted by Crippen LogP contribution is 2.38. The second-order valence-electron chi connectivity index (χ2n) is 6.73. The summed E-state index contributed by atoms with van der Waals surface area (Å²) >= 11 is 0. The molecular formula is C21H20N2O5. The van der Waals surface area contributed by atoms with Gasteiger partial charge in [-0.1, -0.05) is 36.4 Å². The van der Waals surface area contributed by atoms with Crippen LogP contribution in [0.25, 0.3) is 0 Å². The number of methoxy groups -OCH3 is 1. The van der Waals surface area contributed by atoms with Crippen molar-refractivity contribution in [3.8, 4) is 5.75 Å². The van der Waals surface area contributed by atoms with E-state index < -0.39 is 18.2 Å². The van der Waals surface area contributed by atoms with E-state index in [9.17, 15) is 14.4 Å². The van der Waals surface area contributed by atoms with E-state index in [4.69, 9.17) is 9.47 Å². The lowest BCUT2D eigenvalue weighted by atomic mass is 10.1. The van der Waals surface area contributed by atoms with E-state index in [1.54, 1.807) is 31.4 Å². The van der Waals surface area contributed by atoms with Gasteiger partial charge < -0.3 is 14.8 Å². The molecule has 28 heavy (non-hydrogen) atoms. The number of para-hydroxylation sites is 1. The first-order valence-electron chi connectivity index (χ1n) is 9.11. The number of hydrogen-bond donors (Lipinski definition) is 1. The zero-order valence-corrected chi connectivity index (χ0v) is 15.4. The Balaban J connectivity index is 1.52. The molecule has 4 rings (SSSR count). The topological polar surface area (TPSA) is 84.9 Å². The van der Waals surface area contributed by atoms with E-state index in [0.717, 1.165) is 5.56 Å². The summed E-state index contributed by atoms with van der Waals surface area (Å²) in [4.78, 5) is 38.9. The van der Waals surface area contributed by atoms with Crippen molar-refractivity contribution in [3.63, 3.8) is 0 Å². The summed E-state index contributed by atoms with van der Waals surface area (Å²) in [7, 11) is 1.57. The Morgan fingerprint density at radius 3 is 2.75 bits per heavy atom. The first kappa shape index (κ1) is 18.0. The molecule has 0 aliphatic carbocycles. The number of carbonyl (C=O) groups excluding carboxylic acids is 3. The maximum absolute atomic E-state index is 12.8. The van der Waals surface area contributed by atoms with Crippen molar-refractivity contribution in [2.24, 2.45) is 0 Å². The molecule has 7 nitrogen and oxygen atoms in total. The molecule has 0 saturated carbocycles. The predicted molar refractivity (Wildman–Crippen MR) is 99.3 cm³/mol. The Labute approximate surface area is 162 Å². The molecule has 1 fully saturated rings. The summed E-state index contributed by atoms with van der Waals surface area (Å²) in [6.07, 6.45) is -0.240. The van der Waals surface area contributed by atoms with Gasteiger partial charge in [0.2, 0.25) is 18.0 Å². The molecule has 0 aromatic heterocycles. The fourth-order valence-corrected chi connectivity index (χ4v) is 3.74. The fourth-order valence-electron chi connectivity index (χ4n) is 3.74. The van der Waals surface area contributed by atoms with Crippen molar-refractivity contribution in [3.05, 3.63) is 65.2 Å². The molecule has 2 aromatic rings. The Morgan fingerprint density at radius 2 is 1.93 bits per heavy atom. The fraction of sp³-hybridized carbons (Fsp3) is 0.286. The molecule has 2 aliphatic rings. The third-order valence-corrected chi connectivity index (χ3v) is 5.12. The number of carbonyl (C=O) groups is 3. The van der Waals surface area contributed by atoms with Crippen LogP contribution in [0.4, 0.5) is 0 Å². The standard InChI is InChI=1S/C21H20N2O5/c1-27-17-9-5-2-6-13(17)12-22-19(25)16-10-11-18(24)23(16)20-14-7-3-4-8-15(14)21(26)28-20/h2-9,16,20H,10-12H2,1H3,(H,22,25)/t16-,20?/m0/s1. The lowest BCUT2D eigenvalue weighted by Gasteiger charge is -2.29. The highest BCUT2D eigenvalue weighted by Gasteiger charge is 2.46. The maximum atomic E-state index is 12.8. The number of benzene rings is 2. The molecule has 2 aromatic carbocycles. The summed E-state index contributed by atoms with van der Waals surface area (Å²) in [6, 6.07) is 13.7. The van der Waals surface area contributed by atoms with Gasteiger partial charge in [-0.15, -0.1) is 0 Å². The van der Waals surface area contributed by atoms with Gasteiger partial charge in [-0.05, 0) is 18.6 Å². The zero-order chi connectivity index (χ0) is 19.7. The SMILES string of the molecule is COc1ccccc1CNC(=O)[C@@H]1CCC(=O)N1C1OC(=O)c2ccccc21. The van der Waals surface area contributed by atoms with Gasteiger partial charge in [0, 0.05) is 24.1 Å². The normalized spacial score (nSPS) is 20.7. The number of likely N-dealkylation sites (tertiary alicyclic amines) is 1. The third kappa shape index (κ3) is 3.09. The van der Waals surface area contributed by atoms with Crippen LogP contribution in [-0.4, -0.2) is 35.8 Å². The van der Waals surface area contributed by atoms with Crippen molar-refractivity contribution in [2.45, 2.75) is 31.7 Å². The number of rotatable bonds is 5. The lowest BCUT2D eigenvalue weighted by molar-refractivity contribution is -0.145. The van der Waals surface area contributed by atoms with Crippen LogP contribution in [0.15, 0.2) is 48.5 Å². The highest BCUT2D eigenvalue weighted by molar-refractivity contribution is 5.96. The van der Waals surface area contributed by atoms with Gasteiger partial charge >= 0.3 is 5.97 Å². The molecule has 7 heteroatoms. The Hall–Kier alpha value is -3.35. The lowest BCUT2D eigenvalue weighted by Crippen LogP contribution is -2.46. The van der Waals surface area contributed by atoms with Crippen molar-refractivity contribution in [1.29, 1.82) is 0 Å². The monoisotopic (exact) mass is 380 g/mol. The predicted octanol–water partition coefficient (Wildman–Crippen LogP) is 2.17. The van der Waals surface area contributed by atoms with Crippen LogP contribution in [0.5, 0.6) is 5.75 Å². The van der Waals surface area contributed by atoms with E-state index >= 15 is 0 Å². The van der Waals surface area contributed by atoms with Crippen LogP contribution in [0.3, 0.4) is 0 Å². The van der Waals surface area contributed by atoms with Crippen LogP contribution in [-0.2, 0) is 20.9 Å². The quantitative estimate of drug-likeness (QED) is 0.804. The summed E-state index contributed by atoms with van der Waals surface area (Å²) < 4.78 is 10.7. The average molecular weight is 380 g/mol. The molecule has 0 spiro atoms. The number of cyclic esters (lactones) is 1. The number of fused-ring (bicyclic) bond motifs is 1. The Kier molecular flexibility index (Phi) is 4.73. The summed E-state index contributed by atoms with van der Waals surface area (Å²) in [5, 5.41) is 2.87. The molecule has 1 unspecified atom stereocenters. The van der Waals surface area contributed by atoms with E-state index in [1.807, 2.05) is 24.3 Å². The summed E-state index contributed by atoms with van der Waals surface area (Å²) in [6.45, 7) is 0.280. The third-order valence-electron chi connectivity index (χ3n) is 5.12. The highest BCUT2D eigenvalue weighted by atomic mass is 16.6. The first-order chi connectivity index (χ1) is 13.6. The Bertz CT molecular complexity index is 942. The van der Waals surface area contributed by atoms with E-state index in [-0.39, 0.29) is 24.8 Å². The van der Waals surface area contributed by atoms with Crippen LogP contribution in [0, 0.1) is 0 Å². The summed E-state index contributed by atoms with van der Waals surface area (Å²) in [5.41, 5.74) is 1.89. The average Bonchev–Trinajstić information content (AvgIpc) is 3.26. The minimum absolute atomic E-state index is 0.202. The Morgan fingerprint density at radius 1 is 1.18 bits per heavy atom. The largest absolute Gasteiger partial charge is 0.496 e. The van der Waals surface area contributed by atoms with Gasteiger partial charge in [-0.2, -0.15) is 0 Å². The second-order valence-corrected chi connectivity index (χ2v) is 6.73. The van der Waals surface area contributed by atoms with Gasteiger partial charge in [0.25, 0.3) is 0 Å². The van der Waals surface area contributed by atoms with Crippen LogP contribution in [0.2, 0.25) is 0 Å². The molecular weight excluding hydrogens is 360 g/mol. The molecule has 1 N–H and O–H groups in total. The molecule has 2 amide bonds. The van der Waals surface area contributed by atoms with E-state index in [1.165, 1.54) is 4.90 Å². The molecule has 2 aliphatic heterocycles. The number of nitrogens with one attached hydrogen (secondary N) is 1. The van der Waals surface area contributed by atoms with Gasteiger partial charge in [-0.3, -0.25) is 14.5 Å². The molecule has 2 heterocycles. The van der Waals surface area contributed by atoms with Crippen molar-refractivity contribution >= 4 is 17.8 Å². The van der Waals surface area contributed by atoms with Gasteiger partial charge in [0.1, 0.15) is 11.8 Å². The molecule has 2 atom stereocenters. The van der Waals surface area contributed by atoms with Gasteiger partial charge in [0.15, 0.2) is 0 Å². The van der Waals surface area contributed by atoms with Gasteiger partial charge in [-0.25, -0.2) is 4.79 Å². The minimum atomic E-state index is -0.860. The number of hydrogen-bond acceptors (Lipinski definition) is 5. The van der Waals surface area contributed by atoms with Crippen LogP contribution < -0.4 is 10.1 Å².